The standard InChI is InChI=1S/C18H18N4O6S4/c1-3-21-13-9-11(31(23,24)25)5-7-15(13)29-17(21)19-20-18-22(4-2)14-10-12(32(26,27)28)6-8-16(14)30-18/h5-10H,3-4H2,1-2H3,(H,23,24,25)(H,26,27,28)/b19-17-,20-18+. The summed E-state index contributed by atoms with van der Waals surface area (Å²) < 4.78 is 69.8. The van der Waals surface area contributed by atoms with Gasteiger partial charge in [-0.1, -0.05) is 22.7 Å². The van der Waals surface area contributed by atoms with Gasteiger partial charge in [0, 0.05) is 13.1 Å². The highest BCUT2D eigenvalue weighted by Crippen LogP contribution is 2.23. The number of aromatic nitrogens is 2. The first-order valence-electron chi connectivity index (χ1n) is 9.32. The van der Waals surface area contributed by atoms with E-state index in [1.54, 1.807) is 21.3 Å². The molecular weight excluding hydrogens is 496 g/mol. The second-order valence-corrected chi connectivity index (χ2v) is 11.5. The van der Waals surface area contributed by atoms with Gasteiger partial charge in [-0.05, 0) is 50.2 Å². The van der Waals surface area contributed by atoms with E-state index in [2.05, 4.69) is 10.2 Å². The van der Waals surface area contributed by atoms with Gasteiger partial charge in [-0.3, -0.25) is 9.11 Å². The van der Waals surface area contributed by atoms with Gasteiger partial charge >= 0.3 is 0 Å². The van der Waals surface area contributed by atoms with Crippen molar-refractivity contribution in [3.05, 3.63) is 46.0 Å². The minimum atomic E-state index is -4.33. The summed E-state index contributed by atoms with van der Waals surface area (Å²) in [5.41, 5.74) is 1.22. The van der Waals surface area contributed by atoms with Gasteiger partial charge in [-0.2, -0.15) is 16.8 Å². The number of rotatable bonds is 5. The van der Waals surface area contributed by atoms with Crippen molar-refractivity contribution in [1.29, 1.82) is 0 Å². The van der Waals surface area contributed by atoms with Gasteiger partial charge in [0.25, 0.3) is 20.2 Å². The van der Waals surface area contributed by atoms with E-state index in [-0.39, 0.29) is 9.79 Å². The van der Waals surface area contributed by atoms with Gasteiger partial charge in [0.2, 0.25) is 9.60 Å². The molecule has 0 spiro atoms. The molecule has 170 valence electrons. The molecule has 0 bridgehead atoms. The van der Waals surface area contributed by atoms with Crippen LogP contribution in [0.15, 0.2) is 56.4 Å². The lowest BCUT2D eigenvalue weighted by Gasteiger charge is -2.02. The Balaban J connectivity index is 1.93. The third kappa shape index (κ3) is 4.16. The van der Waals surface area contributed by atoms with Crippen molar-refractivity contribution in [2.24, 2.45) is 10.2 Å². The molecule has 0 aliphatic rings. The van der Waals surface area contributed by atoms with Gasteiger partial charge in [0.15, 0.2) is 0 Å². The molecule has 0 amide bonds. The molecule has 0 atom stereocenters. The van der Waals surface area contributed by atoms with Crippen LogP contribution in [0.25, 0.3) is 20.4 Å². The highest BCUT2D eigenvalue weighted by Gasteiger charge is 2.14. The molecule has 0 fully saturated rings. The molecule has 0 radical (unpaired) electrons. The van der Waals surface area contributed by atoms with Crippen LogP contribution in [0.4, 0.5) is 0 Å². The summed E-state index contributed by atoms with van der Waals surface area (Å²) in [6.07, 6.45) is 0. The van der Waals surface area contributed by atoms with Gasteiger partial charge in [-0.25, -0.2) is 0 Å². The minimum Gasteiger partial charge on any atom is -0.315 e. The zero-order chi connectivity index (χ0) is 23.3. The molecule has 2 aromatic carbocycles. The highest BCUT2D eigenvalue weighted by atomic mass is 32.2. The van der Waals surface area contributed by atoms with Crippen LogP contribution in [0, 0.1) is 0 Å². The summed E-state index contributed by atoms with van der Waals surface area (Å²) in [6, 6.07) is 8.67. The molecule has 2 N–H and O–H groups in total. The number of fused-ring (bicyclic) bond motifs is 2. The van der Waals surface area contributed by atoms with E-state index in [1.165, 1.54) is 46.9 Å². The third-order valence-electron chi connectivity index (χ3n) is 4.76. The number of thiazole rings is 2. The number of nitrogens with zero attached hydrogens (tertiary/aromatic N) is 4. The Bertz CT molecular complexity index is 1580. The first-order valence-corrected chi connectivity index (χ1v) is 13.8. The van der Waals surface area contributed by atoms with Crippen LogP contribution in [0.5, 0.6) is 0 Å². The summed E-state index contributed by atoms with van der Waals surface area (Å²) in [6.45, 7) is 4.77. The first-order chi connectivity index (χ1) is 15.0. The Morgan fingerprint density at radius 1 is 0.750 bits per heavy atom. The second kappa shape index (κ2) is 8.20. The van der Waals surface area contributed by atoms with Crippen molar-refractivity contribution in [2.45, 2.75) is 36.7 Å². The van der Waals surface area contributed by atoms with E-state index in [1.807, 2.05) is 13.8 Å². The molecule has 10 nitrogen and oxygen atoms in total. The number of aryl methyl sites for hydroxylation is 2. The van der Waals surface area contributed by atoms with E-state index in [9.17, 15) is 25.9 Å². The minimum absolute atomic E-state index is 0.198. The molecular formula is C18H18N4O6S4. The predicted molar refractivity (Wildman–Crippen MR) is 122 cm³/mol. The molecule has 0 saturated carbocycles. The van der Waals surface area contributed by atoms with Gasteiger partial charge in [0.1, 0.15) is 0 Å². The van der Waals surface area contributed by atoms with Crippen LogP contribution >= 0.6 is 22.7 Å². The highest BCUT2D eigenvalue weighted by molar-refractivity contribution is 7.86. The fourth-order valence-electron chi connectivity index (χ4n) is 3.27. The topological polar surface area (TPSA) is 143 Å². The van der Waals surface area contributed by atoms with Crippen LogP contribution in [-0.4, -0.2) is 35.1 Å². The number of hydrogen-bond acceptors (Lipinski definition) is 8. The van der Waals surface area contributed by atoms with Crippen molar-refractivity contribution in [3.63, 3.8) is 0 Å². The zero-order valence-electron chi connectivity index (χ0n) is 16.8. The van der Waals surface area contributed by atoms with Crippen LogP contribution in [0.3, 0.4) is 0 Å². The fourth-order valence-corrected chi connectivity index (χ4v) is 6.32. The van der Waals surface area contributed by atoms with E-state index in [0.717, 1.165) is 9.40 Å². The quantitative estimate of drug-likeness (QED) is 0.310. The lowest BCUT2D eigenvalue weighted by molar-refractivity contribution is 0.481. The molecule has 0 unspecified atom stereocenters. The lowest BCUT2D eigenvalue weighted by Crippen LogP contribution is -2.16. The Kier molecular flexibility index (Phi) is 5.85. The summed E-state index contributed by atoms with van der Waals surface area (Å²) in [5, 5.41) is 8.74. The van der Waals surface area contributed by atoms with Crippen molar-refractivity contribution < 1.29 is 25.9 Å². The van der Waals surface area contributed by atoms with Gasteiger partial charge < -0.3 is 9.13 Å². The summed E-state index contributed by atoms with van der Waals surface area (Å²) in [5.74, 6) is 0. The Morgan fingerprint density at radius 2 is 1.12 bits per heavy atom. The Hall–Kier alpha value is -2.36. The van der Waals surface area contributed by atoms with Crippen molar-refractivity contribution in [3.8, 4) is 0 Å². The number of hydrogen-bond donors (Lipinski definition) is 2. The molecule has 32 heavy (non-hydrogen) atoms. The lowest BCUT2D eigenvalue weighted by atomic mass is 10.3. The van der Waals surface area contributed by atoms with Gasteiger partial charge in [-0.15, -0.1) is 10.2 Å². The average Bonchev–Trinajstić information content (AvgIpc) is 3.26. The summed E-state index contributed by atoms with van der Waals surface area (Å²) in [7, 11) is -8.66. The normalized spacial score (nSPS) is 14.1. The van der Waals surface area contributed by atoms with Crippen LogP contribution in [-0.2, 0) is 33.3 Å². The third-order valence-corrected chi connectivity index (χ3v) is 8.55. The number of benzene rings is 2. The molecule has 2 heterocycles. The van der Waals surface area contributed by atoms with E-state index >= 15 is 0 Å². The summed E-state index contributed by atoms with van der Waals surface area (Å²) in [4.78, 5) is 0.676. The molecule has 0 aliphatic heterocycles. The molecule has 0 saturated heterocycles. The summed E-state index contributed by atoms with van der Waals surface area (Å²) >= 11 is 2.64. The average molecular weight is 515 g/mol. The second-order valence-electron chi connectivity index (χ2n) is 6.67. The maximum atomic E-state index is 11.5. The smallest absolute Gasteiger partial charge is 0.294 e. The zero-order valence-corrected chi connectivity index (χ0v) is 20.1. The maximum absolute atomic E-state index is 11.5. The van der Waals surface area contributed by atoms with Gasteiger partial charge in [0.05, 0.1) is 30.2 Å². The molecule has 4 rings (SSSR count). The van der Waals surface area contributed by atoms with Crippen LogP contribution in [0.2, 0.25) is 0 Å². The largest absolute Gasteiger partial charge is 0.315 e. The van der Waals surface area contributed by atoms with Crippen LogP contribution < -0.4 is 9.60 Å². The van der Waals surface area contributed by atoms with Crippen molar-refractivity contribution in [1.82, 2.24) is 9.13 Å². The Labute approximate surface area is 190 Å². The molecule has 0 aliphatic carbocycles. The maximum Gasteiger partial charge on any atom is 0.294 e. The molecule has 14 heteroatoms. The van der Waals surface area contributed by atoms with Crippen molar-refractivity contribution in [2.75, 3.05) is 0 Å². The first kappa shape index (κ1) is 22.8. The Morgan fingerprint density at radius 3 is 1.44 bits per heavy atom. The molecule has 2 aromatic heterocycles. The SMILES string of the molecule is CCn1/c(=N/N=c2/sc3ccc(S(=O)(=O)O)cc3n2CC)sc2ccc(S(=O)(=O)O)cc21. The predicted octanol–water partition coefficient (Wildman–Crippen LogP) is 2.67. The van der Waals surface area contributed by atoms with E-state index in [4.69, 9.17) is 0 Å². The van der Waals surface area contributed by atoms with E-state index in [0.29, 0.717) is 33.7 Å². The monoisotopic (exact) mass is 514 g/mol. The fraction of sp³-hybridized carbons (Fsp3) is 0.222. The van der Waals surface area contributed by atoms with Crippen molar-refractivity contribution >= 4 is 63.3 Å². The van der Waals surface area contributed by atoms with Crippen LogP contribution in [0.1, 0.15) is 13.8 Å². The molecule has 4 aromatic rings. The van der Waals surface area contributed by atoms with E-state index < -0.39 is 20.2 Å².